The number of nitrogens with one attached hydrogen (secondary N) is 1. The minimum Gasteiger partial charge on any atom is -0.507 e. The molecule has 0 saturated heterocycles. The number of carbonyl (C=O) groups is 2. The van der Waals surface area contributed by atoms with E-state index in [1.165, 1.54) is 30.7 Å². The zero-order valence-corrected chi connectivity index (χ0v) is 18.7. The van der Waals surface area contributed by atoms with Crippen molar-refractivity contribution in [1.29, 1.82) is 0 Å². The number of nitrogens with zero attached hydrogens (tertiary/aromatic N) is 1. The van der Waals surface area contributed by atoms with Gasteiger partial charge in [0.15, 0.2) is 0 Å². The minimum atomic E-state index is -0.603. The Labute approximate surface area is 197 Å². The first-order valence-electron chi connectivity index (χ1n) is 9.78. The van der Waals surface area contributed by atoms with Crippen molar-refractivity contribution in [3.63, 3.8) is 0 Å². The first kappa shape index (κ1) is 22.0. The number of aromatic hydroxyl groups is 1. The van der Waals surface area contributed by atoms with Crippen molar-refractivity contribution < 1.29 is 23.8 Å². The maximum absolute atomic E-state index is 12.5. The van der Waals surface area contributed by atoms with Crippen molar-refractivity contribution >= 4 is 50.9 Å². The third kappa shape index (κ3) is 5.55. The lowest BCUT2D eigenvalue weighted by Crippen LogP contribution is -2.18. The number of fused-ring (bicyclic) bond motifs is 1. The van der Waals surface area contributed by atoms with Gasteiger partial charge in [0, 0.05) is 16.1 Å². The summed E-state index contributed by atoms with van der Waals surface area (Å²) in [6.45, 7) is 0. The summed E-state index contributed by atoms with van der Waals surface area (Å²) in [4.78, 5) is 24.7. The molecule has 4 rings (SSSR count). The van der Waals surface area contributed by atoms with Gasteiger partial charge in [-0.3, -0.25) is 4.79 Å². The van der Waals surface area contributed by atoms with Crippen molar-refractivity contribution in [2.24, 2.45) is 5.10 Å². The molecule has 0 bridgehead atoms. The van der Waals surface area contributed by atoms with Gasteiger partial charge in [0.05, 0.1) is 18.0 Å². The molecule has 1 aromatic heterocycles. The van der Waals surface area contributed by atoms with Crippen LogP contribution < -0.4 is 10.2 Å². The smallest absolute Gasteiger partial charge is 0.336 e. The van der Waals surface area contributed by atoms with Crippen LogP contribution in [0.15, 0.2) is 93.1 Å². The summed E-state index contributed by atoms with van der Waals surface area (Å²) < 4.78 is 11.2. The number of furan rings is 1. The van der Waals surface area contributed by atoms with Gasteiger partial charge in [-0.1, -0.05) is 40.2 Å². The monoisotopic (exact) mass is 504 g/mol. The Bertz CT molecular complexity index is 1380. The molecular formula is C25H17BrN2O5. The average Bonchev–Trinajstić information content (AvgIpc) is 3.32. The van der Waals surface area contributed by atoms with E-state index in [0.717, 1.165) is 15.2 Å². The second-order valence-electron chi connectivity index (χ2n) is 6.87. The van der Waals surface area contributed by atoms with E-state index < -0.39 is 11.9 Å². The summed E-state index contributed by atoms with van der Waals surface area (Å²) in [6, 6.07) is 18.9. The summed E-state index contributed by atoms with van der Waals surface area (Å²) in [5.74, 6) is -0.567. The van der Waals surface area contributed by atoms with Crippen molar-refractivity contribution in [2.75, 3.05) is 0 Å². The van der Waals surface area contributed by atoms with Crippen LogP contribution in [0.5, 0.6) is 11.5 Å². The maximum Gasteiger partial charge on any atom is 0.336 e. The number of carbonyl (C=O) groups excluding carboxylic acids is 2. The van der Waals surface area contributed by atoms with Gasteiger partial charge in [-0.05, 0) is 59.3 Å². The van der Waals surface area contributed by atoms with Gasteiger partial charge in [0.25, 0.3) is 5.91 Å². The van der Waals surface area contributed by atoms with E-state index in [-0.39, 0.29) is 17.1 Å². The van der Waals surface area contributed by atoms with Crippen LogP contribution in [0.25, 0.3) is 16.8 Å². The number of esters is 1. The quantitative estimate of drug-likeness (QED) is 0.122. The third-order valence-corrected chi connectivity index (χ3v) is 5.08. The molecule has 1 heterocycles. The molecule has 0 atom stereocenters. The van der Waals surface area contributed by atoms with E-state index in [4.69, 9.17) is 9.15 Å². The zero-order valence-electron chi connectivity index (χ0n) is 17.1. The Morgan fingerprint density at radius 1 is 1.03 bits per heavy atom. The van der Waals surface area contributed by atoms with Gasteiger partial charge in [0.2, 0.25) is 0 Å². The van der Waals surface area contributed by atoms with Crippen molar-refractivity contribution in [3.05, 3.63) is 100 Å². The SMILES string of the molecule is O=C(/C=C\c1ccco1)Oc1ccc(Br)cc1/C=N/NC(=O)c1cc2ccccc2cc1O. The van der Waals surface area contributed by atoms with Gasteiger partial charge < -0.3 is 14.3 Å². The fraction of sp³-hybridized carbons (Fsp3) is 0. The number of hydrogen-bond acceptors (Lipinski definition) is 6. The molecule has 0 fully saturated rings. The van der Waals surface area contributed by atoms with E-state index in [2.05, 4.69) is 26.5 Å². The molecule has 4 aromatic rings. The second kappa shape index (κ2) is 9.97. The highest BCUT2D eigenvalue weighted by Crippen LogP contribution is 2.25. The highest BCUT2D eigenvalue weighted by molar-refractivity contribution is 9.10. The van der Waals surface area contributed by atoms with Gasteiger partial charge in [-0.2, -0.15) is 5.10 Å². The number of amides is 1. The number of hydrazone groups is 1. The lowest BCUT2D eigenvalue weighted by Gasteiger charge is -2.07. The topological polar surface area (TPSA) is 101 Å². The summed E-state index contributed by atoms with van der Waals surface area (Å²) >= 11 is 3.36. The standard InChI is InChI=1S/C25H17BrN2O5/c26-19-7-9-23(33-24(30)10-8-20-6-3-11-32-20)18(12-19)15-27-28-25(31)21-13-16-4-1-2-5-17(16)14-22(21)29/h1-15,29H,(H,28,31)/b10-8-,27-15+. The number of hydrogen-bond donors (Lipinski definition) is 2. The van der Waals surface area contributed by atoms with E-state index in [1.54, 1.807) is 36.4 Å². The van der Waals surface area contributed by atoms with Gasteiger partial charge in [-0.25, -0.2) is 10.2 Å². The number of benzene rings is 3. The van der Waals surface area contributed by atoms with Crippen LogP contribution in [0.4, 0.5) is 0 Å². The second-order valence-corrected chi connectivity index (χ2v) is 7.78. The number of phenols is 1. The molecule has 164 valence electrons. The number of phenolic OH excluding ortho intramolecular Hbond substituents is 1. The number of rotatable bonds is 6. The Morgan fingerprint density at radius 3 is 2.58 bits per heavy atom. The molecule has 7 nitrogen and oxygen atoms in total. The van der Waals surface area contributed by atoms with E-state index in [1.807, 2.05) is 24.3 Å². The Balaban J connectivity index is 1.48. The fourth-order valence-electron chi connectivity index (χ4n) is 3.02. The van der Waals surface area contributed by atoms with Crippen LogP contribution >= 0.6 is 15.9 Å². The first-order chi connectivity index (χ1) is 16.0. The first-order valence-corrected chi connectivity index (χ1v) is 10.6. The summed E-state index contributed by atoms with van der Waals surface area (Å²) in [7, 11) is 0. The molecule has 0 aliphatic rings. The lowest BCUT2D eigenvalue weighted by atomic mass is 10.1. The van der Waals surface area contributed by atoms with E-state index in [9.17, 15) is 14.7 Å². The normalized spacial score (nSPS) is 11.3. The van der Waals surface area contributed by atoms with Crippen molar-refractivity contribution in [2.45, 2.75) is 0 Å². The zero-order chi connectivity index (χ0) is 23.2. The Hall–Kier alpha value is -4.17. The highest BCUT2D eigenvalue weighted by Gasteiger charge is 2.12. The number of halogens is 1. The van der Waals surface area contributed by atoms with Gasteiger partial charge in [-0.15, -0.1) is 0 Å². The molecule has 8 heteroatoms. The lowest BCUT2D eigenvalue weighted by molar-refractivity contribution is -0.128. The molecule has 0 saturated carbocycles. The molecule has 0 radical (unpaired) electrons. The molecule has 0 spiro atoms. The van der Waals surface area contributed by atoms with Crippen LogP contribution in [0.3, 0.4) is 0 Å². The van der Waals surface area contributed by atoms with Crippen molar-refractivity contribution in [3.8, 4) is 11.5 Å². The molecule has 0 aliphatic heterocycles. The Kier molecular flexibility index (Phi) is 6.66. The predicted molar refractivity (Wildman–Crippen MR) is 128 cm³/mol. The molecule has 2 N–H and O–H groups in total. The summed E-state index contributed by atoms with van der Waals surface area (Å²) in [5.41, 5.74) is 2.93. The van der Waals surface area contributed by atoms with Crippen LogP contribution in [-0.4, -0.2) is 23.2 Å². The minimum absolute atomic E-state index is 0.0924. The molecule has 0 unspecified atom stereocenters. The maximum atomic E-state index is 12.5. The van der Waals surface area contributed by atoms with Crippen LogP contribution in [-0.2, 0) is 4.79 Å². The average molecular weight is 505 g/mol. The van der Waals surface area contributed by atoms with Crippen LogP contribution in [0.1, 0.15) is 21.7 Å². The highest BCUT2D eigenvalue weighted by atomic mass is 79.9. The largest absolute Gasteiger partial charge is 0.507 e. The van der Waals surface area contributed by atoms with E-state index in [0.29, 0.717) is 11.3 Å². The molecular weight excluding hydrogens is 488 g/mol. The summed E-state index contributed by atoms with van der Waals surface area (Å²) in [6.07, 6.45) is 5.58. The Morgan fingerprint density at radius 2 is 1.82 bits per heavy atom. The molecule has 3 aromatic carbocycles. The van der Waals surface area contributed by atoms with Crippen LogP contribution in [0, 0.1) is 0 Å². The number of ether oxygens (including phenoxy) is 1. The van der Waals surface area contributed by atoms with Crippen LogP contribution in [0.2, 0.25) is 0 Å². The van der Waals surface area contributed by atoms with Crippen molar-refractivity contribution in [1.82, 2.24) is 5.43 Å². The third-order valence-electron chi connectivity index (χ3n) is 4.59. The fourth-order valence-corrected chi connectivity index (χ4v) is 3.40. The van der Waals surface area contributed by atoms with E-state index >= 15 is 0 Å². The van der Waals surface area contributed by atoms with Gasteiger partial charge in [0.1, 0.15) is 17.3 Å². The molecule has 1 amide bonds. The van der Waals surface area contributed by atoms with Gasteiger partial charge >= 0.3 is 5.97 Å². The molecule has 33 heavy (non-hydrogen) atoms. The predicted octanol–water partition coefficient (Wildman–Crippen LogP) is 5.28. The summed E-state index contributed by atoms with van der Waals surface area (Å²) in [5, 5.41) is 15.8. The molecule has 0 aliphatic carbocycles.